The van der Waals surface area contributed by atoms with Crippen molar-refractivity contribution in [2.24, 2.45) is 7.05 Å². The summed E-state index contributed by atoms with van der Waals surface area (Å²) in [7, 11) is -2.11. The first-order chi connectivity index (χ1) is 12.4. The van der Waals surface area contributed by atoms with Crippen molar-refractivity contribution in [3.63, 3.8) is 0 Å². The number of nitrogens with zero attached hydrogens (tertiary/aromatic N) is 5. The smallest absolute Gasteiger partial charge is 0.294 e. The van der Waals surface area contributed by atoms with Crippen molar-refractivity contribution >= 4 is 10.1 Å². The number of hydrogen-bond donors (Lipinski definition) is 2. The summed E-state index contributed by atoms with van der Waals surface area (Å²) in [6.07, 6.45) is 1.56. The van der Waals surface area contributed by atoms with Gasteiger partial charge in [-0.2, -0.15) is 13.5 Å². The summed E-state index contributed by atoms with van der Waals surface area (Å²) in [5.74, 6) is 1.75. The van der Waals surface area contributed by atoms with Crippen LogP contribution in [0.2, 0.25) is 0 Å². The molecule has 138 valence electrons. The lowest BCUT2D eigenvalue weighted by Gasteiger charge is -2.07. The van der Waals surface area contributed by atoms with E-state index in [1.807, 2.05) is 7.05 Å². The topological polar surface area (TPSA) is 115 Å². The van der Waals surface area contributed by atoms with E-state index in [0.717, 1.165) is 37.0 Å². The van der Waals surface area contributed by atoms with E-state index < -0.39 is 10.1 Å². The number of rotatable bonds is 3. The number of fused-ring (bicyclic) bond motifs is 1. The Kier molecular flexibility index (Phi) is 5.16. The molecule has 10 heteroatoms. The summed E-state index contributed by atoms with van der Waals surface area (Å²) in [6, 6.07) is 7.42. The van der Waals surface area contributed by atoms with Crippen LogP contribution in [0, 0.1) is 0 Å². The van der Waals surface area contributed by atoms with Gasteiger partial charge in [0.25, 0.3) is 10.1 Å². The molecule has 26 heavy (non-hydrogen) atoms. The highest BCUT2D eigenvalue weighted by atomic mass is 32.2. The van der Waals surface area contributed by atoms with E-state index in [0.29, 0.717) is 0 Å². The number of aryl methyl sites for hydroxylation is 1. The van der Waals surface area contributed by atoms with Crippen LogP contribution in [0.5, 0.6) is 0 Å². The van der Waals surface area contributed by atoms with Crippen LogP contribution >= 0.6 is 0 Å². The van der Waals surface area contributed by atoms with Gasteiger partial charge in [-0.15, -0.1) is 0 Å². The van der Waals surface area contributed by atoms with Crippen LogP contribution in [-0.2, 0) is 36.8 Å². The summed E-state index contributed by atoms with van der Waals surface area (Å²) in [6.45, 7) is 4.79. The molecule has 0 amide bonds. The van der Waals surface area contributed by atoms with Gasteiger partial charge in [0.1, 0.15) is 6.33 Å². The average molecular weight is 376 g/mol. The Balaban J connectivity index is 0.000000170. The lowest BCUT2D eigenvalue weighted by molar-refractivity contribution is 0.483. The Labute approximate surface area is 151 Å². The molecule has 1 aliphatic rings. The third-order valence-corrected chi connectivity index (χ3v) is 4.88. The summed E-state index contributed by atoms with van der Waals surface area (Å²) < 4.78 is 33.2. The molecule has 2 aromatic heterocycles. The molecule has 0 saturated carbocycles. The molecule has 4 rings (SSSR count). The number of nitrogens with one attached hydrogen (secondary N) is 1. The van der Waals surface area contributed by atoms with E-state index in [4.69, 9.17) is 4.55 Å². The number of imidazole rings is 1. The van der Waals surface area contributed by atoms with E-state index in [-0.39, 0.29) is 4.90 Å². The van der Waals surface area contributed by atoms with Crippen LogP contribution in [0.25, 0.3) is 11.6 Å². The lowest BCUT2D eigenvalue weighted by Crippen LogP contribution is -2.10. The molecular weight excluding hydrogens is 356 g/mol. The molecule has 9 nitrogen and oxygen atoms in total. The zero-order chi connectivity index (χ0) is 18.7. The highest BCUT2D eigenvalue weighted by Crippen LogP contribution is 2.23. The average Bonchev–Trinajstić information content (AvgIpc) is 3.30. The first-order valence-corrected chi connectivity index (χ1v) is 9.51. The van der Waals surface area contributed by atoms with Crippen LogP contribution < -0.4 is 5.32 Å². The molecule has 1 aromatic carbocycles. The second-order valence-corrected chi connectivity index (χ2v) is 7.09. The maximum absolute atomic E-state index is 10.4. The molecular formula is C16H20N6O3S. The SMILES string of the molecule is CCn1c(-c2ncnn2C)nc2c1CNC2.O=S(=O)(O)c1ccccc1. The standard InChI is InChI=1S/C10H14N6.C6H6O3S/c1-3-16-8-5-11-4-7(8)14-10(16)9-12-6-13-15(9)2;7-10(8,9)6-4-2-1-3-5-6/h6,11H,3-5H2,1-2H3;1-5H,(H,7,8,9). The predicted octanol–water partition coefficient (Wildman–Crippen LogP) is 1.23. The molecule has 0 fully saturated rings. The highest BCUT2D eigenvalue weighted by Gasteiger charge is 2.22. The third kappa shape index (κ3) is 3.66. The molecule has 0 aliphatic carbocycles. The van der Waals surface area contributed by atoms with Gasteiger partial charge < -0.3 is 9.88 Å². The van der Waals surface area contributed by atoms with Crippen molar-refractivity contribution in [3.8, 4) is 11.6 Å². The van der Waals surface area contributed by atoms with Crippen LogP contribution in [0.15, 0.2) is 41.6 Å². The van der Waals surface area contributed by atoms with Crippen molar-refractivity contribution in [2.45, 2.75) is 31.5 Å². The first-order valence-electron chi connectivity index (χ1n) is 8.07. The van der Waals surface area contributed by atoms with Gasteiger partial charge in [0.2, 0.25) is 0 Å². The molecule has 2 N–H and O–H groups in total. The zero-order valence-corrected chi connectivity index (χ0v) is 15.3. The van der Waals surface area contributed by atoms with Gasteiger partial charge in [-0.1, -0.05) is 18.2 Å². The van der Waals surface area contributed by atoms with Crippen molar-refractivity contribution in [2.75, 3.05) is 0 Å². The summed E-state index contributed by atoms with van der Waals surface area (Å²) >= 11 is 0. The van der Waals surface area contributed by atoms with E-state index in [9.17, 15) is 8.42 Å². The molecule has 3 aromatic rings. The molecule has 0 radical (unpaired) electrons. The maximum Gasteiger partial charge on any atom is 0.294 e. The Morgan fingerprint density at radius 1 is 1.19 bits per heavy atom. The van der Waals surface area contributed by atoms with E-state index in [2.05, 4.69) is 31.9 Å². The molecule has 0 saturated heterocycles. The van der Waals surface area contributed by atoms with Crippen LogP contribution in [0.4, 0.5) is 0 Å². The number of hydrogen-bond acceptors (Lipinski definition) is 6. The Morgan fingerprint density at radius 3 is 2.46 bits per heavy atom. The normalized spacial score (nSPS) is 13.2. The third-order valence-electron chi connectivity index (χ3n) is 4.01. The van der Waals surface area contributed by atoms with Crippen LogP contribution in [0.1, 0.15) is 18.3 Å². The predicted molar refractivity (Wildman–Crippen MR) is 94.7 cm³/mol. The van der Waals surface area contributed by atoms with Crippen molar-refractivity contribution in [1.29, 1.82) is 0 Å². The Hall–Kier alpha value is -2.56. The second kappa shape index (κ2) is 7.36. The maximum atomic E-state index is 10.4. The van der Waals surface area contributed by atoms with E-state index in [1.165, 1.54) is 17.8 Å². The fraction of sp³-hybridized carbons (Fsp3) is 0.312. The molecule has 0 bridgehead atoms. The fourth-order valence-electron chi connectivity index (χ4n) is 2.78. The lowest BCUT2D eigenvalue weighted by atomic mass is 10.4. The largest absolute Gasteiger partial charge is 0.324 e. The zero-order valence-electron chi connectivity index (χ0n) is 14.5. The van der Waals surface area contributed by atoms with Gasteiger partial charge in [0, 0.05) is 26.7 Å². The summed E-state index contributed by atoms with van der Waals surface area (Å²) in [5, 5.41) is 7.39. The summed E-state index contributed by atoms with van der Waals surface area (Å²) in [4.78, 5) is 8.82. The van der Waals surface area contributed by atoms with Gasteiger partial charge in [-0.25, -0.2) is 14.6 Å². The Bertz CT molecular complexity index is 994. The van der Waals surface area contributed by atoms with Crippen LogP contribution in [-0.4, -0.2) is 37.3 Å². The molecule has 1 aliphatic heterocycles. The van der Waals surface area contributed by atoms with Gasteiger partial charge in [-0.05, 0) is 19.1 Å². The fourth-order valence-corrected chi connectivity index (χ4v) is 3.28. The Morgan fingerprint density at radius 2 is 1.92 bits per heavy atom. The van der Waals surface area contributed by atoms with E-state index >= 15 is 0 Å². The quantitative estimate of drug-likeness (QED) is 0.661. The molecule has 3 heterocycles. The van der Waals surface area contributed by atoms with Gasteiger partial charge in [0.05, 0.1) is 16.3 Å². The van der Waals surface area contributed by atoms with Crippen molar-refractivity contribution < 1.29 is 13.0 Å². The summed E-state index contributed by atoms with van der Waals surface area (Å²) in [5.41, 5.74) is 2.42. The van der Waals surface area contributed by atoms with Gasteiger partial charge >= 0.3 is 0 Å². The molecule has 0 atom stereocenters. The van der Waals surface area contributed by atoms with Crippen LogP contribution in [0.3, 0.4) is 0 Å². The second-order valence-electron chi connectivity index (χ2n) is 5.67. The van der Waals surface area contributed by atoms with E-state index in [1.54, 1.807) is 29.2 Å². The minimum Gasteiger partial charge on any atom is -0.324 e. The molecule has 0 spiro atoms. The van der Waals surface area contributed by atoms with Gasteiger partial charge in [-0.3, -0.25) is 4.55 Å². The van der Waals surface area contributed by atoms with Crippen molar-refractivity contribution in [1.82, 2.24) is 29.6 Å². The number of aromatic nitrogens is 5. The minimum absolute atomic E-state index is 0.0741. The molecule has 0 unspecified atom stereocenters. The monoisotopic (exact) mass is 376 g/mol. The highest BCUT2D eigenvalue weighted by molar-refractivity contribution is 7.85. The number of benzene rings is 1. The first kappa shape index (κ1) is 18.2. The minimum atomic E-state index is -4.00. The van der Waals surface area contributed by atoms with Gasteiger partial charge in [0.15, 0.2) is 11.6 Å². The van der Waals surface area contributed by atoms with Crippen molar-refractivity contribution in [3.05, 3.63) is 48.0 Å².